The van der Waals surface area contributed by atoms with Gasteiger partial charge in [-0.25, -0.2) is 4.98 Å². The van der Waals surface area contributed by atoms with E-state index in [0.29, 0.717) is 18.0 Å². The number of nitrogens with zero attached hydrogens (tertiary/aromatic N) is 1. The first kappa shape index (κ1) is 14.2. The van der Waals surface area contributed by atoms with Crippen LogP contribution in [0.4, 0.5) is 5.13 Å². The van der Waals surface area contributed by atoms with Crippen LogP contribution >= 0.6 is 11.3 Å². The molecule has 1 saturated carbocycles. The third kappa shape index (κ3) is 3.49. The van der Waals surface area contributed by atoms with Gasteiger partial charge >= 0.3 is 0 Å². The minimum atomic E-state index is -0.816. The van der Waals surface area contributed by atoms with Gasteiger partial charge in [-0.15, -0.1) is 0 Å². The summed E-state index contributed by atoms with van der Waals surface area (Å²) in [4.78, 5) is 17.3. The van der Waals surface area contributed by atoms with E-state index >= 15 is 0 Å². The van der Waals surface area contributed by atoms with Gasteiger partial charge in [0.25, 0.3) is 0 Å². The number of nitrogens with one attached hydrogen (secondary N) is 1. The van der Waals surface area contributed by atoms with Crippen molar-refractivity contribution in [3.8, 4) is 10.4 Å². The van der Waals surface area contributed by atoms with Gasteiger partial charge in [0.15, 0.2) is 5.13 Å². The highest BCUT2D eigenvalue weighted by Crippen LogP contribution is 2.33. The molecule has 2 aromatic rings. The van der Waals surface area contributed by atoms with Gasteiger partial charge in [0.2, 0.25) is 5.91 Å². The van der Waals surface area contributed by atoms with Gasteiger partial charge in [-0.05, 0) is 18.4 Å². The highest BCUT2D eigenvalue weighted by Gasteiger charge is 2.33. The Morgan fingerprint density at radius 3 is 2.71 bits per heavy atom. The number of carbonyl (C=O) groups excluding carboxylic acids is 1. The average molecular weight is 302 g/mol. The first-order valence-corrected chi connectivity index (χ1v) is 8.00. The number of benzene rings is 1. The van der Waals surface area contributed by atoms with Crippen molar-refractivity contribution in [3.63, 3.8) is 0 Å². The van der Waals surface area contributed by atoms with Crippen molar-refractivity contribution in [3.05, 3.63) is 36.5 Å². The van der Waals surface area contributed by atoms with Crippen LogP contribution in [-0.4, -0.2) is 21.6 Å². The summed E-state index contributed by atoms with van der Waals surface area (Å²) in [7, 11) is 0. The molecular formula is C16H18N2O2S. The van der Waals surface area contributed by atoms with Crippen molar-refractivity contribution < 1.29 is 9.90 Å². The Morgan fingerprint density at radius 1 is 1.29 bits per heavy atom. The molecule has 0 aliphatic heterocycles. The smallest absolute Gasteiger partial charge is 0.229 e. The summed E-state index contributed by atoms with van der Waals surface area (Å²) in [5.41, 5.74) is 0.272. The molecule has 1 aliphatic carbocycles. The van der Waals surface area contributed by atoms with Crippen molar-refractivity contribution in [2.45, 2.75) is 37.7 Å². The number of amides is 1. The highest BCUT2D eigenvalue weighted by atomic mass is 32.1. The first-order valence-electron chi connectivity index (χ1n) is 7.18. The molecule has 1 amide bonds. The second kappa shape index (κ2) is 5.95. The van der Waals surface area contributed by atoms with Crippen LogP contribution in [-0.2, 0) is 4.79 Å². The van der Waals surface area contributed by atoms with Gasteiger partial charge in [-0.2, -0.15) is 0 Å². The minimum absolute atomic E-state index is 0.159. The summed E-state index contributed by atoms with van der Waals surface area (Å²) in [6, 6.07) is 9.95. The number of aromatic nitrogens is 1. The molecule has 0 radical (unpaired) electrons. The molecule has 3 rings (SSSR count). The second-order valence-electron chi connectivity index (χ2n) is 5.55. The Kier molecular flexibility index (Phi) is 4.03. The third-order valence-electron chi connectivity index (χ3n) is 3.83. The summed E-state index contributed by atoms with van der Waals surface area (Å²) in [6.45, 7) is 0. The van der Waals surface area contributed by atoms with Crippen molar-refractivity contribution >= 4 is 22.4 Å². The first-order chi connectivity index (χ1) is 10.1. The van der Waals surface area contributed by atoms with Gasteiger partial charge in [0, 0.05) is 6.20 Å². The van der Waals surface area contributed by atoms with E-state index in [1.807, 2.05) is 30.3 Å². The standard InChI is InChI=1S/C16H18N2O2S/c19-14(10-16(20)8-4-5-9-16)18-15-17-11-13(21-15)12-6-2-1-3-7-12/h1-3,6-7,11,20H,4-5,8-10H2,(H,17,18,19). The predicted molar refractivity (Wildman–Crippen MR) is 84.2 cm³/mol. The zero-order valence-electron chi connectivity index (χ0n) is 11.7. The molecule has 1 aromatic carbocycles. The number of hydrogen-bond donors (Lipinski definition) is 2. The Bertz CT molecular complexity index is 618. The molecule has 110 valence electrons. The van der Waals surface area contributed by atoms with Crippen molar-refractivity contribution in [1.82, 2.24) is 4.98 Å². The fourth-order valence-electron chi connectivity index (χ4n) is 2.74. The number of rotatable bonds is 4. The topological polar surface area (TPSA) is 62.2 Å². The number of thiazole rings is 1. The van der Waals surface area contributed by atoms with Crippen molar-refractivity contribution in [1.29, 1.82) is 0 Å². The molecular weight excluding hydrogens is 284 g/mol. The normalized spacial score (nSPS) is 16.8. The molecule has 0 saturated heterocycles. The number of carbonyl (C=O) groups is 1. The molecule has 4 nitrogen and oxygen atoms in total. The molecule has 1 aliphatic rings. The monoisotopic (exact) mass is 302 g/mol. The number of hydrogen-bond acceptors (Lipinski definition) is 4. The summed E-state index contributed by atoms with van der Waals surface area (Å²) in [5.74, 6) is -0.159. The van der Waals surface area contributed by atoms with Crippen LogP contribution in [0, 0.1) is 0 Å². The molecule has 21 heavy (non-hydrogen) atoms. The average Bonchev–Trinajstić information content (AvgIpc) is 3.09. The van der Waals surface area contributed by atoms with Crippen LogP contribution < -0.4 is 5.32 Å². The summed E-state index contributed by atoms with van der Waals surface area (Å²) >= 11 is 1.45. The van der Waals surface area contributed by atoms with E-state index in [1.165, 1.54) is 11.3 Å². The zero-order chi connectivity index (χ0) is 14.7. The van der Waals surface area contributed by atoms with Gasteiger partial charge in [-0.1, -0.05) is 54.5 Å². The Balaban J connectivity index is 1.63. The van der Waals surface area contributed by atoms with Gasteiger partial charge < -0.3 is 10.4 Å². The van der Waals surface area contributed by atoms with Crippen LogP contribution in [0.5, 0.6) is 0 Å². The van der Waals surface area contributed by atoms with Crippen LogP contribution in [0.1, 0.15) is 32.1 Å². The maximum atomic E-state index is 12.0. The maximum absolute atomic E-state index is 12.0. The molecule has 2 N–H and O–H groups in total. The molecule has 0 atom stereocenters. The fourth-order valence-corrected chi connectivity index (χ4v) is 3.58. The van der Waals surface area contributed by atoms with E-state index in [0.717, 1.165) is 23.3 Å². The van der Waals surface area contributed by atoms with E-state index in [4.69, 9.17) is 0 Å². The number of anilines is 1. The summed E-state index contributed by atoms with van der Waals surface area (Å²) in [6.07, 6.45) is 5.35. The molecule has 1 heterocycles. The molecule has 0 spiro atoms. The van der Waals surface area contributed by atoms with Gasteiger partial charge in [-0.3, -0.25) is 4.79 Å². The molecule has 0 unspecified atom stereocenters. The zero-order valence-corrected chi connectivity index (χ0v) is 12.5. The minimum Gasteiger partial charge on any atom is -0.389 e. The summed E-state index contributed by atoms with van der Waals surface area (Å²) < 4.78 is 0. The van der Waals surface area contributed by atoms with E-state index in [2.05, 4.69) is 10.3 Å². The lowest BCUT2D eigenvalue weighted by Gasteiger charge is -2.20. The van der Waals surface area contributed by atoms with E-state index in [9.17, 15) is 9.90 Å². The van der Waals surface area contributed by atoms with E-state index in [-0.39, 0.29) is 12.3 Å². The van der Waals surface area contributed by atoms with E-state index in [1.54, 1.807) is 6.20 Å². The second-order valence-corrected chi connectivity index (χ2v) is 6.58. The maximum Gasteiger partial charge on any atom is 0.229 e. The molecule has 0 bridgehead atoms. The lowest BCUT2D eigenvalue weighted by molar-refractivity contribution is -0.120. The van der Waals surface area contributed by atoms with Crippen LogP contribution in [0.2, 0.25) is 0 Å². The predicted octanol–water partition coefficient (Wildman–Crippen LogP) is 3.44. The SMILES string of the molecule is O=C(CC1(O)CCCC1)Nc1ncc(-c2ccccc2)s1. The highest BCUT2D eigenvalue weighted by molar-refractivity contribution is 7.19. The fraction of sp³-hybridized carbons (Fsp3) is 0.375. The van der Waals surface area contributed by atoms with Gasteiger partial charge in [0.1, 0.15) is 0 Å². The van der Waals surface area contributed by atoms with Crippen molar-refractivity contribution in [2.24, 2.45) is 0 Å². The van der Waals surface area contributed by atoms with E-state index < -0.39 is 5.60 Å². The third-order valence-corrected chi connectivity index (χ3v) is 4.80. The van der Waals surface area contributed by atoms with Crippen LogP contribution in [0.25, 0.3) is 10.4 Å². The molecule has 1 fully saturated rings. The molecule has 1 aromatic heterocycles. The Hall–Kier alpha value is -1.72. The van der Waals surface area contributed by atoms with Gasteiger partial charge in [0.05, 0.1) is 16.9 Å². The molecule has 5 heteroatoms. The van der Waals surface area contributed by atoms with Crippen LogP contribution in [0.15, 0.2) is 36.5 Å². The number of aliphatic hydroxyl groups is 1. The Morgan fingerprint density at radius 2 is 2.00 bits per heavy atom. The largest absolute Gasteiger partial charge is 0.389 e. The quantitative estimate of drug-likeness (QED) is 0.909. The summed E-state index contributed by atoms with van der Waals surface area (Å²) in [5, 5.41) is 13.6. The van der Waals surface area contributed by atoms with Crippen LogP contribution in [0.3, 0.4) is 0 Å². The Labute approximate surface area is 127 Å². The lowest BCUT2D eigenvalue weighted by atomic mass is 9.98. The lowest BCUT2D eigenvalue weighted by Crippen LogP contribution is -2.30. The van der Waals surface area contributed by atoms with Crippen molar-refractivity contribution in [2.75, 3.05) is 5.32 Å².